The largest absolute Gasteiger partial charge is 0.326 e. The number of aryl methyl sites for hydroxylation is 1. The van der Waals surface area contributed by atoms with Crippen LogP contribution in [0.2, 0.25) is 0 Å². The Hall–Kier alpha value is -3.14. The van der Waals surface area contributed by atoms with Crippen molar-refractivity contribution in [1.82, 2.24) is 0 Å². The second-order valence-corrected chi connectivity index (χ2v) is 6.76. The van der Waals surface area contributed by atoms with Crippen LogP contribution in [-0.4, -0.2) is 18.4 Å². The van der Waals surface area contributed by atoms with Crippen LogP contribution in [0.3, 0.4) is 0 Å². The van der Waals surface area contributed by atoms with Gasteiger partial charge in [0.05, 0.1) is 11.6 Å². The molecule has 2 amide bonds. The second kappa shape index (κ2) is 6.64. The Bertz CT molecular complexity index is 991. The van der Waals surface area contributed by atoms with Gasteiger partial charge in [-0.15, -0.1) is 0 Å². The molecule has 0 aliphatic carbocycles. The van der Waals surface area contributed by atoms with Crippen LogP contribution < -0.4 is 10.2 Å². The number of hydrogen-bond acceptors (Lipinski definition) is 2. The van der Waals surface area contributed by atoms with Crippen LogP contribution in [-0.2, 0) is 9.59 Å². The molecule has 0 saturated carbocycles. The number of nitrogens with one attached hydrogen (secondary N) is 1. The molecule has 1 N–H and O–H groups in total. The molecule has 1 atom stereocenters. The van der Waals surface area contributed by atoms with Gasteiger partial charge in [0, 0.05) is 24.0 Å². The van der Waals surface area contributed by atoms with Gasteiger partial charge < -0.3 is 10.2 Å². The van der Waals surface area contributed by atoms with Crippen LogP contribution in [0.1, 0.15) is 12.0 Å². The van der Waals surface area contributed by atoms with Crippen molar-refractivity contribution in [3.8, 4) is 0 Å². The zero-order valence-corrected chi connectivity index (χ0v) is 14.6. The Morgan fingerprint density at radius 3 is 2.65 bits per heavy atom. The lowest BCUT2D eigenvalue weighted by atomic mass is 10.1. The smallest absolute Gasteiger partial charge is 0.229 e. The molecule has 1 fully saturated rings. The van der Waals surface area contributed by atoms with Crippen molar-refractivity contribution in [2.75, 3.05) is 16.8 Å². The highest BCUT2D eigenvalue weighted by Crippen LogP contribution is 2.32. The first-order valence-corrected chi connectivity index (χ1v) is 8.77. The van der Waals surface area contributed by atoms with Gasteiger partial charge >= 0.3 is 0 Å². The minimum Gasteiger partial charge on any atom is -0.326 e. The van der Waals surface area contributed by atoms with Crippen molar-refractivity contribution in [2.45, 2.75) is 13.3 Å². The highest BCUT2D eigenvalue weighted by atomic mass is 16.2. The molecule has 3 aromatic carbocycles. The van der Waals surface area contributed by atoms with Gasteiger partial charge in [-0.05, 0) is 36.1 Å². The van der Waals surface area contributed by atoms with Crippen molar-refractivity contribution < 1.29 is 9.59 Å². The van der Waals surface area contributed by atoms with Crippen LogP contribution in [0.15, 0.2) is 66.7 Å². The summed E-state index contributed by atoms with van der Waals surface area (Å²) < 4.78 is 0. The molecule has 4 heteroatoms. The first-order chi connectivity index (χ1) is 12.6. The van der Waals surface area contributed by atoms with Crippen molar-refractivity contribution in [2.24, 2.45) is 5.92 Å². The molecule has 3 aromatic rings. The number of benzene rings is 3. The Labute approximate surface area is 152 Å². The van der Waals surface area contributed by atoms with Gasteiger partial charge in [-0.25, -0.2) is 0 Å². The Morgan fingerprint density at radius 2 is 1.81 bits per heavy atom. The first kappa shape index (κ1) is 16.3. The summed E-state index contributed by atoms with van der Waals surface area (Å²) >= 11 is 0. The summed E-state index contributed by atoms with van der Waals surface area (Å²) in [7, 11) is 0. The van der Waals surface area contributed by atoms with Gasteiger partial charge in [0.25, 0.3) is 0 Å². The van der Waals surface area contributed by atoms with E-state index in [4.69, 9.17) is 0 Å². The summed E-state index contributed by atoms with van der Waals surface area (Å²) in [6.45, 7) is 2.39. The van der Waals surface area contributed by atoms with E-state index in [-0.39, 0.29) is 24.2 Å². The molecule has 0 unspecified atom stereocenters. The average Bonchev–Trinajstić information content (AvgIpc) is 3.03. The third-order valence-corrected chi connectivity index (χ3v) is 4.84. The predicted molar refractivity (Wildman–Crippen MR) is 104 cm³/mol. The summed E-state index contributed by atoms with van der Waals surface area (Å²) in [4.78, 5) is 26.9. The molecular weight excluding hydrogens is 324 g/mol. The number of fused-ring (bicyclic) bond motifs is 1. The first-order valence-electron chi connectivity index (χ1n) is 8.77. The molecule has 26 heavy (non-hydrogen) atoms. The second-order valence-electron chi connectivity index (χ2n) is 6.76. The van der Waals surface area contributed by atoms with Crippen molar-refractivity contribution in [3.05, 3.63) is 72.3 Å². The monoisotopic (exact) mass is 344 g/mol. The predicted octanol–water partition coefficient (Wildman–Crippen LogP) is 4.14. The number of carbonyl (C=O) groups excluding carboxylic acids is 2. The molecule has 1 aliphatic heterocycles. The average molecular weight is 344 g/mol. The maximum atomic E-state index is 12.6. The van der Waals surface area contributed by atoms with Gasteiger partial charge in [-0.2, -0.15) is 0 Å². The number of carbonyl (C=O) groups is 2. The molecule has 1 saturated heterocycles. The highest BCUT2D eigenvalue weighted by molar-refractivity contribution is 6.08. The standard InChI is InChI=1S/C22H20N2O2/c1-15-6-4-9-18(12-15)23-22(26)17-13-21(25)24(14-17)20-11-5-8-16-7-2-3-10-19(16)20/h2-12,17H,13-14H2,1H3,(H,23,26)/t17-/m1/s1. The van der Waals surface area contributed by atoms with Gasteiger partial charge in [0.15, 0.2) is 0 Å². The zero-order valence-electron chi connectivity index (χ0n) is 14.6. The summed E-state index contributed by atoms with van der Waals surface area (Å²) in [5.41, 5.74) is 2.73. The van der Waals surface area contributed by atoms with E-state index in [1.807, 2.05) is 73.7 Å². The lowest BCUT2D eigenvalue weighted by Gasteiger charge is -2.19. The third kappa shape index (κ3) is 3.06. The molecule has 4 rings (SSSR count). The van der Waals surface area contributed by atoms with Crippen LogP contribution in [0.25, 0.3) is 10.8 Å². The van der Waals surface area contributed by atoms with Crippen LogP contribution in [0.5, 0.6) is 0 Å². The fraction of sp³-hybridized carbons (Fsp3) is 0.182. The summed E-state index contributed by atoms with van der Waals surface area (Å²) in [5.74, 6) is -0.459. The molecule has 4 nitrogen and oxygen atoms in total. The normalized spacial score (nSPS) is 16.9. The van der Waals surface area contributed by atoms with Crippen molar-refractivity contribution in [3.63, 3.8) is 0 Å². The van der Waals surface area contributed by atoms with Crippen molar-refractivity contribution in [1.29, 1.82) is 0 Å². The van der Waals surface area contributed by atoms with E-state index in [9.17, 15) is 9.59 Å². The third-order valence-electron chi connectivity index (χ3n) is 4.84. The molecule has 1 heterocycles. The maximum Gasteiger partial charge on any atom is 0.229 e. The highest BCUT2D eigenvalue weighted by Gasteiger charge is 2.35. The summed E-state index contributed by atoms with van der Waals surface area (Å²) in [6, 6.07) is 21.6. The lowest BCUT2D eigenvalue weighted by molar-refractivity contribution is -0.122. The molecule has 0 aromatic heterocycles. The van der Waals surface area contributed by atoms with E-state index in [1.165, 1.54) is 0 Å². The Morgan fingerprint density at radius 1 is 1.04 bits per heavy atom. The van der Waals surface area contributed by atoms with Crippen LogP contribution in [0.4, 0.5) is 11.4 Å². The molecule has 130 valence electrons. The molecule has 0 radical (unpaired) electrons. The Balaban J connectivity index is 1.56. The fourth-order valence-corrected chi connectivity index (χ4v) is 3.53. The lowest BCUT2D eigenvalue weighted by Crippen LogP contribution is -2.28. The van der Waals surface area contributed by atoms with Gasteiger partial charge in [0.2, 0.25) is 11.8 Å². The SMILES string of the molecule is Cc1cccc(NC(=O)[C@@H]2CC(=O)N(c3cccc4ccccc34)C2)c1. The topological polar surface area (TPSA) is 49.4 Å². The maximum absolute atomic E-state index is 12.6. The number of nitrogens with zero attached hydrogens (tertiary/aromatic N) is 1. The van der Waals surface area contributed by atoms with Gasteiger partial charge in [0.1, 0.15) is 0 Å². The van der Waals surface area contributed by atoms with E-state index >= 15 is 0 Å². The van der Waals surface area contributed by atoms with E-state index in [2.05, 4.69) is 5.32 Å². The van der Waals surface area contributed by atoms with E-state index in [0.29, 0.717) is 6.54 Å². The van der Waals surface area contributed by atoms with Gasteiger partial charge in [-0.1, -0.05) is 48.5 Å². The van der Waals surface area contributed by atoms with E-state index in [0.717, 1.165) is 27.7 Å². The van der Waals surface area contributed by atoms with Crippen molar-refractivity contribution >= 4 is 34.0 Å². The molecule has 0 spiro atoms. The molecule has 0 bridgehead atoms. The number of hydrogen-bond donors (Lipinski definition) is 1. The number of amides is 2. The quantitative estimate of drug-likeness (QED) is 0.776. The fourth-order valence-electron chi connectivity index (χ4n) is 3.53. The zero-order chi connectivity index (χ0) is 18.1. The number of rotatable bonds is 3. The van der Waals surface area contributed by atoms with Gasteiger partial charge in [-0.3, -0.25) is 9.59 Å². The summed E-state index contributed by atoms with van der Waals surface area (Å²) in [5, 5.41) is 5.06. The minimum absolute atomic E-state index is 0.00857. The summed E-state index contributed by atoms with van der Waals surface area (Å²) in [6.07, 6.45) is 0.237. The Kier molecular flexibility index (Phi) is 4.17. The van der Waals surface area contributed by atoms with E-state index in [1.54, 1.807) is 4.90 Å². The molecular formula is C22H20N2O2. The number of anilines is 2. The van der Waals surface area contributed by atoms with Crippen LogP contribution in [0, 0.1) is 12.8 Å². The minimum atomic E-state index is -0.345. The molecule has 1 aliphatic rings. The van der Waals surface area contributed by atoms with Crippen LogP contribution >= 0.6 is 0 Å². The van der Waals surface area contributed by atoms with E-state index < -0.39 is 0 Å².